The van der Waals surface area contributed by atoms with Gasteiger partial charge in [-0.25, -0.2) is 4.39 Å². The van der Waals surface area contributed by atoms with E-state index in [1.165, 1.54) is 12.1 Å². The van der Waals surface area contributed by atoms with E-state index in [0.717, 1.165) is 33.5 Å². The Morgan fingerprint density at radius 1 is 1.16 bits per heavy atom. The van der Waals surface area contributed by atoms with Gasteiger partial charge in [-0.15, -0.1) is 0 Å². The predicted molar refractivity (Wildman–Crippen MR) is 79.4 cm³/mol. The molecule has 0 fully saturated rings. The normalized spacial score (nSPS) is 10.7. The van der Waals surface area contributed by atoms with E-state index < -0.39 is 0 Å². The lowest BCUT2D eigenvalue weighted by Gasteiger charge is -2.11. The Hall–Kier alpha value is -1.03. The van der Waals surface area contributed by atoms with Crippen LogP contribution >= 0.6 is 23.4 Å². The third kappa shape index (κ3) is 3.96. The maximum absolute atomic E-state index is 12.9. The second kappa shape index (κ2) is 6.94. The highest BCUT2D eigenvalue weighted by molar-refractivity contribution is 7.99. The molecule has 0 heterocycles. The fraction of sp³-hybridized carbons (Fsp3) is 0.200. The summed E-state index contributed by atoms with van der Waals surface area (Å²) in [6.45, 7) is 3.69. The molecule has 0 radical (unpaired) electrons. The summed E-state index contributed by atoms with van der Waals surface area (Å²) >= 11 is 7.84. The Balaban J connectivity index is 2.23. The zero-order valence-electron chi connectivity index (χ0n) is 10.6. The maximum Gasteiger partial charge on any atom is 0.123 e. The number of rotatable bonds is 5. The van der Waals surface area contributed by atoms with Crippen molar-refractivity contribution in [3.05, 3.63) is 58.9 Å². The Bertz CT molecular complexity index is 542. The molecule has 2 rings (SSSR count). The first-order valence-electron chi connectivity index (χ1n) is 6.12. The number of hydrogen-bond acceptors (Lipinski definition) is 2. The lowest BCUT2D eigenvalue weighted by molar-refractivity contribution is 0.626. The second-order valence-electron chi connectivity index (χ2n) is 4.05. The number of hydrogen-bond donors (Lipinski definition) is 1. The third-order valence-corrected chi connectivity index (χ3v) is 4.13. The quantitative estimate of drug-likeness (QED) is 0.855. The van der Waals surface area contributed by atoms with Gasteiger partial charge < -0.3 is 5.32 Å². The lowest BCUT2D eigenvalue weighted by Crippen LogP contribution is -2.12. The minimum Gasteiger partial charge on any atom is -0.313 e. The van der Waals surface area contributed by atoms with Gasteiger partial charge in [0.15, 0.2) is 0 Å². The van der Waals surface area contributed by atoms with Crippen molar-refractivity contribution in [3.8, 4) is 0 Å². The van der Waals surface area contributed by atoms with Crippen LogP contribution in [-0.4, -0.2) is 6.54 Å². The van der Waals surface area contributed by atoms with Gasteiger partial charge in [0.1, 0.15) is 5.82 Å². The molecule has 0 amide bonds. The fourth-order valence-electron chi connectivity index (χ4n) is 1.69. The van der Waals surface area contributed by atoms with Crippen LogP contribution in [0.25, 0.3) is 0 Å². The molecule has 0 bridgehead atoms. The first kappa shape index (κ1) is 14.4. The summed E-state index contributed by atoms with van der Waals surface area (Å²) in [6.07, 6.45) is 0. The number of benzene rings is 2. The highest BCUT2D eigenvalue weighted by Crippen LogP contribution is 2.33. The topological polar surface area (TPSA) is 12.0 Å². The molecule has 0 aliphatic carbocycles. The van der Waals surface area contributed by atoms with Crippen molar-refractivity contribution < 1.29 is 4.39 Å². The monoisotopic (exact) mass is 295 g/mol. The van der Waals surface area contributed by atoms with Gasteiger partial charge in [0.25, 0.3) is 0 Å². The van der Waals surface area contributed by atoms with E-state index >= 15 is 0 Å². The first-order valence-corrected chi connectivity index (χ1v) is 7.31. The van der Waals surface area contributed by atoms with Gasteiger partial charge in [0.2, 0.25) is 0 Å². The van der Waals surface area contributed by atoms with Gasteiger partial charge >= 0.3 is 0 Å². The molecule has 0 aliphatic rings. The largest absolute Gasteiger partial charge is 0.313 e. The zero-order chi connectivity index (χ0) is 13.7. The van der Waals surface area contributed by atoms with E-state index in [9.17, 15) is 4.39 Å². The van der Waals surface area contributed by atoms with Crippen LogP contribution < -0.4 is 5.32 Å². The van der Waals surface area contributed by atoms with Crippen LogP contribution in [0.3, 0.4) is 0 Å². The van der Waals surface area contributed by atoms with Crippen molar-refractivity contribution in [2.24, 2.45) is 0 Å². The van der Waals surface area contributed by atoms with Gasteiger partial charge in [0, 0.05) is 21.4 Å². The molecular formula is C15H15ClFNS. The second-order valence-corrected chi connectivity index (χ2v) is 5.58. The van der Waals surface area contributed by atoms with Crippen LogP contribution in [-0.2, 0) is 6.54 Å². The van der Waals surface area contributed by atoms with E-state index in [-0.39, 0.29) is 5.82 Å². The van der Waals surface area contributed by atoms with Crippen molar-refractivity contribution in [2.75, 3.05) is 6.54 Å². The maximum atomic E-state index is 12.9. The van der Waals surface area contributed by atoms with Crippen LogP contribution in [0.15, 0.2) is 52.3 Å². The molecule has 0 saturated heterocycles. The molecule has 0 atom stereocenters. The van der Waals surface area contributed by atoms with Gasteiger partial charge in [0.05, 0.1) is 0 Å². The van der Waals surface area contributed by atoms with Crippen molar-refractivity contribution in [2.45, 2.75) is 23.3 Å². The Morgan fingerprint density at radius 3 is 2.58 bits per heavy atom. The van der Waals surface area contributed by atoms with Crippen LogP contribution in [0, 0.1) is 5.82 Å². The minimum atomic E-state index is -0.219. The van der Waals surface area contributed by atoms with Gasteiger partial charge in [-0.3, -0.25) is 0 Å². The molecule has 0 aromatic heterocycles. The van der Waals surface area contributed by atoms with Gasteiger partial charge in [-0.1, -0.05) is 36.4 Å². The highest BCUT2D eigenvalue weighted by Gasteiger charge is 2.08. The molecule has 19 heavy (non-hydrogen) atoms. The van der Waals surface area contributed by atoms with Gasteiger partial charge in [-0.2, -0.15) is 0 Å². The summed E-state index contributed by atoms with van der Waals surface area (Å²) < 4.78 is 12.9. The summed E-state index contributed by atoms with van der Waals surface area (Å²) in [5.41, 5.74) is 1.08. The average Bonchev–Trinajstić information content (AvgIpc) is 2.41. The number of halogens is 2. The van der Waals surface area contributed by atoms with Crippen molar-refractivity contribution >= 4 is 23.4 Å². The predicted octanol–water partition coefficient (Wildman–Crippen LogP) is 4.74. The van der Waals surface area contributed by atoms with E-state index in [4.69, 9.17) is 11.6 Å². The standard InChI is InChI=1S/C15H15ClFNS/c1-2-18-10-13-14(16)4-3-5-15(13)19-12-8-6-11(17)7-9-12/h3-9,18H,2,10H2,1H3. The summed E-state index contributed by atoms with van der Waals surface area (Å²) in [7, 11) is 0. The van der Waals surface area contributed by atoms with Crippen LogP contribution in [0.1, 0.15) is 12.5 Å². The van der Waals surface area contributed by atoms with Gasteiger partial charge in [-0.05, 0) is 48.5 Å². The summed E-state index contributed by atoms with van der Waals surface area (Å²) in [4.78, 5) is 2.10. The molecule has 0 saturated carbocycles. The van der Waals surface area contributed by atoms with E-state index in [1.807, 2.05) is 18.2 Å². The molecule has 100 valence electrons. The minimum absolute atomic E-state index is 0.219. The summed E-state index contributed by atoms with van der Waals surface area (Å²) in [5, 5.41) is 4.04. The van der Waals surface area contributed by atoms with E-state index in [1.54, 1.807) is 23.9 Å². The number of nitrogens with one attached hydrogen (secondary N) is 1. The molecule has 0 unspecified atom stereocenters. The molecule has 1 nitrogen and oxygen atoms in total. The Morgan fingerprint density at radius 2 is 1.89 bits per heavy atom. The Labute approximate surface area is 122 Å². The fourth-order valence-corrected chi connectivity index (χ4v) is 2.96. The molecule has 2 aromatic carbocycles. The molecule has 0 spiro atoms. The lowest BCUT2D eigenvalue weighted by atomic mass is 10.2. The SMILES string of the molecule is CCNCc1c(Cl)cccc1Sc1ccc(F)cc1. The molecule has 1 N–H and O–H groups in total. The van der Waals surface area contributed by atoms with Crippen LogP contribution in [0.2, 0.25) is 5.02 Å². The molecular weight excluding hydrogens is 281 g/mol. The van der Waals surface area contributed by atoms with E-state index in [0.29, 0.717) is 0 Å². The molecule has 0 aliphatic heterocycles. The van der Waals surface area contributed by atoms with Crippen molar-refractivity contribution in [3.63, 3.8) is 0 Å². The first-order chi connectivity index (χ1) is 9.20. The van der Waals surface area contributed by atoms with Crippen molar-refractivity contribution in [1.82, 2.24) is 5.32 Å². The smallest absolute Gasteiger partial charge is 0.123 e. The summed E-state index contributed by atoms with van der Waals surface area (Å²) in [6, 6.07) is 12.3. The Kier molecular flexibility index (Phi) is 5.25. The zero-order valence-corrected chi connectivity index (χ0v) is 12.2. The van der Waals surface area contributed by atoms with Crippen molar-refractivity contribution in [1.29, 1.82) is 0 Å². The van der Waals surface area contributed by atoms with Crippen LogP contribution in [0.4, 0.5) is 4.39 Å². The van der Waals surface area contributed by atoms with E-state index in [2.05, 4.69) is 12.2 Å². The highest BCUT2D eigenvalue weighted by atomic mass is 35.5. The third-order valence-electron chi connectivity index (χ3n) is 2.67. The molecule has 2 aromatic rings. The average molecular weight is 296 g/mol. The summed E-state index contributed by atoms with van der Waals surface area (Å²) in [5.74, 6) is -0.219. The molecule has 4 heteroatoms. The van der Waals surface area contributed by atoms with Crippen LogP contribution in [0.5, 0.6) is 0 Å².